The first-order valence-electron chi connectivity index (χ1n) is 6.05. The van der Waals surface area contributed by atoms with Crippen molar-refractivity contribution in [1.82, 2.24) is 5.32 Å². The molecule has 0 aromatic carbocycles. The van der Waals surface area contributed by atoms with Crippen LogP contribution in [-0.2, 0) is 0 Å². The second-order valence-electron chi connectivity index (χ2n) is 4.96. The maximum Gasteiger partial charge on any atom is 0.0255 e. The van der Waals surface area contributed by atoms with Gasteiger partial charge in [-0.15, -0.1) is 0 Å². The van der Waals surface area contributed by atoms with Crippen LogP contribution >= 0.6 is 0 Å². The fourth-order valence-corrected chi connectivity index (χ4v) is 1.98. The summed E-state index contributed by atoms with van der Waals surface area (Å²) in [6.07, 6.45) is 9.77. The van der Waals surface area contributed by atoms with Crippen LogP contribution < -0.4 is 5.32 Å². The maximum atomic E-state index is 3.77. The lowest BCUT2D eigenvalue weighted by Crippen LogP contribution is -2.47. The number of rotatable bonds is 4. The van der Waals surface area contributed by atoms with Crippen LogP contribution in [0.25, 0.3) is 0 Å². The third-order valence-electron chi connectivity index (χ3n) is 3.70. The van der Waals surface area contributed by atoms with Gasteiger partial charge < -0.3 is 5.32 Å². The lowest BCUT2D eigenvalue weighted by molar-refractivity contribution is 0.292. The number of hydrogen-bond donors (Lipinski definition) is 1. The van der Waals surface area contributed by atoms with Gasteiger partial charge in [0.2, 0.25) is 0 Å². The van der Waals surface area contributed by atoms with E-state index in [0.717, 1.165) is 5.92 Å². The van der Waals surface area contributed by atoms with E-state index < -0.39 is 0 Å². The van der Waals surface area contributed by atoms with Crippen LogP contribution in [0.1, 0.15) is 53.4 Å². The number of hydrogen-bond acceptors (Lipinski definition) is 1. The van der Waals surface area contributed by atoms with Crippen LogP contribution in [0.15, 0.2) is 12.2 Å². The zero-order valence-electron chi connectivity index (χ0n) is 10.1. The molecule has 0 aromatic rings. The molecule has 1 aliphatic carbocycles. The zero-order chi connectivity index (χ0) is 10.6. The first-order valence-corrected chi connectivity index (χ1v) is 6.05. The van der Waals surface area contributed by atoms with E-state index in [1.165, 1.54) is 25.7 Å². The molecule has 2 atom stereocenters. The summed E-state index contributed by atoms with van der Waals surface area (Å²) in [5.41, 5.74) is 0.329. The molecule has 2 unspecified atom stereocenters. The Labute approximate surface area is 89.0 Å². The Morgan fingerprint density at radius 3 is 2.29 bits per heavy atom. The Balaban J connectivity index is 2.48. The van der Waals surface area contributed by atoms with E-state index in [4.69, 9.17) is 0 Å². The molecule has 14 heavy (non-hydrogen) atoms. The second kappa shape index (κ2) is 4.97. The van der Waals surface area contributed by atoms with E-state index in [2.05, 4.69) is 45.2 Å². The average Bonchev–Trinajstić information content (AvgIpc) is 2.21. The van der Waals surface area contributed by atoms with Gasteiger partial charge in [-0.2, -0.15) is 0 Å². The van der Waals surface area contributed by atoms with Crippen molar-refractivity contribution in [3.63, 3.8) is 0 Å². The zero-order valence-corrected chi connectivity index (χ0v) is 10.1. The minimum atomic E-state index is 0.329. The summed E-state index contributed by atoms with van der Waals surface area (Å²) in [6.45, 7) is 9.17. The molecule has 1 nitrogen and oxygen atoms in total. The van der Waals surface area contributed by atoms with Crippen molar-refractivity contribution in [1.29, 1.82) is 0 Å². The smallest absolute Gasteiger partial charge is 0.0255 e. The predicted molar refractivity (Wildman–Crippen MR) is 63.4 cm³/mol. The van der Waals surface area contributed by atoms with E-state index in [9.17, 15) is 0 Å². The second-order valence-corrected chi connectivity index (χ2v) is 4.96. The van der Waals surface area contributed by atoms with Crippen molar-refractivity contribution in [2.45, 2.75) is 65.0 Å². The van der Waals surface area contributed by atoms with Crippen molar-refractivity contribution >= 4 is 0 Å². The van der Waals surface area contributed by atoms with Crippen LogP contribution in [0.5, 0.6) is 0 Å². The molecule has 1 heteroatoms. The molecule has 1 aliphatic rings. The highest BCUT2D eigenvalue weighted by Gasteiger charge is 2.23. The van der Waals surface area contributed by atoms with Gasteiger partial charge in [0.15, 0.2) is 0 Å². The molecular formula is C13H25N. The van der Waals surface area contributed by atoms with E-state index in [0.29, 0.717) is 11.6 Å². The minimum Gasteiger partial charge on any atom is -0.305 e. The molecular weight excluding hydrogens is 170 g/mol. The van der Waals surface area contributed by atoms with Gasteiger partial charge in [0.05, 0.1) is 0 Å². The molecule has 0 bridgehead atoms. The third-order valence-corrected chi connectivity index (χ3v) is 3.70. The predicted octanol–water partition coefficient (Wildman–Crippen LogP) is 3.51. The van der Waals surface area contributed by atoms with E-state index in [1.54, 1.807) is 0 Å². The van der Waals surface area contributed by atoms with Gasteiger partial charge in [-0.25, -0.2) is 0 Å². The molecule has 1 rings (SSSR count). The Morgan fingerprint density at radius 1 is 1.21 bits per heavy atom. The molecule has 0 fully saturated rings. The van der Waals surface area contributed by atoms with Crippen LogP contribution in [0, 0.1) is 5.92 Å². The quantitative estimate of drug-likeness (QED) is 0.677. The molecule has 0 saturated heterocycles. The fourth-order valence-electron chi connectivity index (χ4n) is 1.98. The normalized spacial score (nSPS) is 28.0. The summed E-state index contributed by atoms with van der Waals surface area (Å²) < 4.78 is 0. The van der Waals surface area contributed by atoms with Crippen molar-refractivity contribution in [2.75, 3.05) is 0 Å². The van der Waals surface area contributed by atoms with Gasteiger partial charge in [0, 0.05) is 11.6 Å². The van der Waals surface area contributed by atoms with Crippen LogP contribution in [0.3, 0.4) is 0 Å². The van der Waals surface area contributed by atoms with Gasteiger partial charge in [-0.3, -0.25) is 0 Å². The minimum absolute atomic E-state index is 0.329. The number of nitrogens with one attached hydrogen (secondary N) is 1. The molecule has 1 N–H and O–H groups in total. The van der Waals surface area contributed by atoms with Crippen LogP contribution in [0.2, 0.25) is 0 Å². The lowest BCUT2D eigenvalue weighted by Gasteiger charge is -2.34. The summed E-state index contributed by atoms with van der Waals surface area (Å²) in [4.78, 5) is 0. The largest absolute Gasteiger partial charge is 0.305 e. The van der Waals surface area contributed by atoms with Gasteiger partial charge in [-0.1, -0.05) is 32.9 Å². The monoisotopic (exact) mass is 195 g/mol. The summed E-state index contributed by atoms with van der Waals surface area (Å²) in [5.74, 6) is 0.780. The molecule has 0 heterocycles. The van der Waals surface area contributed by atoms with Crippen molar-refractivity contribution in [3.05, 3.63) is 12.2 Å². The highest BCUT2D eigenvalue weighted by molar-refractivity contribution is 5.02. The van der Waals surface area contributed by atoms with Crippen LogP contribution in [-0.4, -0.2) is 11.6 Å². The Kier molecular flexibility index (Phi) is 4.18. The number of allylic oxidation sites excluding steroid dienone is 1. The van der Waals surface area contributed by atoms with E-state index in [-0.39, 0.29) is 0 Å². The summed E-state index contributed by atoms with van der Waals surface area (Å²) in [5, 5.41) is 3.77. The van der Waals surface area contributed by atoms with Crippen molar-refractivity contribution in [2.24, 2.45) is 5.92 Å². The third kappa shape index (κ3) is 3.13. The summed E-state index contributed by atoms with van der Waals surface area (Å²) in [6, 6.07) is 0.607. The fraction of sp³-hybridized carbons (Fsp3) is 0.846. The highest BCUT2D eigenvalue weighted by atomic mass is 15.0. The molecule has 0 radical (unpaired) electrons. The molecule has 0 aromatic heterocycles. The van der Waals surface area contributed by atoms with Crippen molar-refractivity contribution < 1.29 is 0 Å². The Hall–Kier alpha value is -0.300. The van der Waals surface area contributed by atoms with Crippen molar-refractivity contribution in [3.8, 4) is 0 Å². The topological polar surface area (TPSA) is 12.0 Å². The van der Waals surface area contributed by atoms with E-state index in [1.807, 2.05) is 0 Å². The Bertz CT molecular complexity index is 191. The van der Waals surface area contributed by atoms with Gasteiger partial charge in [0.1, 0.15) is 0 Å². The van der Waals surface area contributed by atoms with Crippen LogP contribution in [0.4, 0.5) is 0 Å². The standard InChI is InChI=1S/C13H25N/c1-5-13(4,6-2)14-12-9-7-11(3)8-10-12/h7,9,11-12,14H,5-6,8,10H2,1-4H3. The van der Waals surface area contributed by atoms with Gasteiger partial charge in [0.25, 0.3) is 0 Å². The summed E-state index contributed by atoms with van der Waals surface area (Å²) in [7, 11) is 0. The van der Waals surface area contributed by atoms with E-state index >= 15 is 0 Å². The average molecular weight is 195 g/mol. The Morgan fingerprint density at radius 2 is 1.86 bits per heavy atom. The molecule has 0 saturated carbocycles. The first kappa shape index (κ1) is 11.8. The SMILES string of the molecule is CCC(C)(CC)NC1C=CC(C)CC1. The van der Waals surface area contributed by atoms with Gasteiger partial charge >= 0.3 is 0 Å². The molecule has 0 aliphatic heterocycles. The molecule has 0 amide bonds. The van der Waals surface area contributed by atoms with Gasteiger partial charge in [-0.05, 0) is 38.5 Å². The highest BCUT2D eigenvalue weighted by Crippen LogP contribution is 2.21. The summed E-state index contributed by atoms with van der Waals surface area (Å²) >= 11 is 0. The molecule has 0 spiro atoms. The molecule has 82 valence electrons. The maximum absolute atomic E-state index is 3.77. The first-order chi connectivity index (χ1) is 6.59. The lowest BCUT2D eigenvalue weighted by atomic mass is 9.89.